The molecule has 0 atom stereocenters. The monoisotopic (exact) mass is 191 g/mol. The van der Waals surface area contributed by atoms with E-state index >= 15 is 0 Å². The number of nitrogens with one attached hydrogen (secondary N) is 2. The van der Waals surface area contributed by atoms with Crippen LogP contribution in [0.25, 0.3) is 0 Å². The molecule has 0 radical (unpaired) electrons. The zero-order valence-corrected chi connectivity index (χ0v) is 7.32. The molecule has 2 rings (SSSR count). The van der Waals surface area contributed by atoms with E-state index in [1.54, 1.807) is 24.3 Å². The van der Waals surface area contributed by atoms with E-state index in [4.69, 9.17) is 5.11 Å². The van der Waals surface area contributed by atoms with Crippen molar-refractivity contribution in [3.63, 3.8) is 0 Å². The van der Waals surface area contributed by atoms with Gasteiger partial charge in [-0.1, -0.05) is 0 Å². The molecule has 14 heavy (non-hydrogen) atoms. The highest BCUT2D eigenvalue weighted by Crippen LogP contribution is 2.10. The van der Waals surface area contributed by atoms with Gasteiger partial charge in [-0.25, -0.2) is 0 Å². The number of carbonyl (C=O) groups is 1. The Kier molecular flexibility index (Phi) is 2.06. The predicted octanol–water partition coefficient (Wildman–Crippen LogP) is -0.227. The van der Waals surface area contributed by atoms with E-state index in [0.717, 1.165) is 5.56 Å². The molecule has 0 unspecified atom stereocenters. The summed E-state index contributed by atoms with van der Waals surface area (Å²) >= 11 is 0. The minimum absolute atomic E-state index is 0.128. The smallest absolute Gasteiger partial charge is 0.260 e. The van der Waals surface area contributed by atoms with Crippen LogP contribution in [0.5, 0.6) is 5.75 Å². The van der Waals surface area contributed by atoms with Crippen LogP contribution < -0.4 is 10.9 Å². The van der Waals surface area contributed by atoms with Crippen LogP contribution in [-0.2, 0) is 4.79 Å². The number of hydrogen-bond donors (Lipinski definition) is 3. The Hall–Kier alpha value is -2.04. The van der Waals surface area contributed by atoms with Gasteiger partial charge >= 0.3 is 0 Å². The second kappa shape index (κ2) is 3.37. The number of amides is 1. The summed E-state index contributed by atoms with van der Waals surface area (Å²) in [5.41, 5.74) is 5.96. The molecule has 1 heterocycles. The minimum Gasteiger partial charge on any atom is -0.508 e. The molecule has 5 nitrogen and oxygen atoms in total. The summed E-state index contributed by atoms with van der Waals surface area (Å²) in [5, 5.41) is 9.07. The number of hydrazine groups is 1. The van der Waals surface area contributed by atoms with Crippen molar-refractivity contribution in [3.05, 3.63) is 29.8 Å². The van der Waals surface area contributed by atoms with Gasteiger partial charge in [0.25, 0.3) is 5.91 Å². The largest absolute Gasteiger partial charge is 0.508 e. The van der Waals surface area contributed by atoms with Crippen LogP contribution >= 0.6 is 0 Å². The van der Waals surface area contributed by atoms with E-state index in [1.807, 2.05) is 0 Å². The average molecular weight is 191 g/mol. The van der Waals surface area contributed by atoms with E-state index in [-0.39, 0.29) is 18.2 Å². The van der Waals surface area contributed by atoms with Crippen molar-refractivity contribution in [2.75, 3.05) is 6.54 Å². The molecule has 0 bridgehead atoms. The molecule has 0 spiro atoms. The fraction of sp³-hybridized carbons (Fsp3) is 0.111. The van der Waals surface area contributed by atoms with Gasteiger partial charge in [-0.3, -0.25) is 20.6 Å². The molecule has 0 saturated carbocycles. The molecule has 1 aliphatic heterocycles. The van der Waals surface area contributed by atoms with E-state index < -0.39 is 0 Å². The Bertz CT molecular complexity index is 384. The van der Waals surface area contributed by atoms with E-state index in [1.165, 1.54) is 0 Å². The number of carbonyl (C=O) groups excluding carboxylic acids is 1. The first-order valence-electron chi connectivity index (χ1n) is 4.14. The lowest BCUT2D eigenvalue weighted by Gasteiger charge is -2.15. The third-order valence-electron chi connectivity index (χ3n) is 1.84. The number of nitrogens with zero attached hydrogens (tertiary/aromatic N) is 1. The quantitative estimate of drug-likeness (QED) is 0.574. The molecule has 0 aromatic heterocycles. The van der Waals surface area contributed by atoms with E-state index in [2.05, 4.69) is 15.8 Å². The zero-order valence-electron chi connectivity index (χ0n) is 7.32. The van der Waals surface area contributed by atoms with Gasteiger partial charge < -0.3 is 5.11 Å². The first kappa shape index (κ1) is 8.55. The number of hydrogen-bond acceptors (Lipinski definition) is 4. The molecule has 1 aliphatic rings. The topological polar surface area (TPSA) is 73.7 Å². The summed E-state index contributed by atoms with van der Waals surface area (Å²) in [5.74, 6) is 0.645. The Morgan fingerprint density at radius 1 is 1.21 bits per heavy atom. The summed E-state index contributed by atoms with van der Waals surface area (Å²) in [6.07, 6.45) is 0. The summed E-state index contributed by atoms with van der Waals surface area (Å²) in [4.78, 5) is 14.8. The molecule has 1 aromatic carbocycles. The molecule has 0 aliphatic carbocycles. The van der Waals surface area contributed by atoms with Crippen molar-refractivity contribution in [2.45, 2.75) is 0 Å². The highest BCUT2D eigenvalue weighted by Gasteiger charge is 2.10. The third-order valence-corrected chi connectivity index (χ3v) is 1.84. The maximum atomic E-state index is 10.8. The summed E-state index contributed by atoms with van der Waals surface area (Å²) in [7, 11) is 0. The van der Waals surface area contributed by atoms with Crippen LogP contribution in [-0.4, -0.2) is 23.4 Å². The van der Waals surface area contributed by atoms with Gasteiger partial charge in [0.05, 0.1) is 0 Å². The summed E-state index contributed by atoms with van der Waals surface area (Å²) in [6.45, 7) is 0.128. The third kappa shape index (κ3) is 1.66. The number of phenolic OH excluding ortho intramolecular Hbond substituents is 1. The first-order valence-corrected chi connectivity index (χ1v) is 4.14. The molecule has 0 saturated heterocycles. The predicted molar refractivity (Wildman–Crippen MR) is 50.8 cm³/mol. The van der Waals surface area contributed by atoms with Crippen LogP contribution in [0.15, 0.2) is 29.3 Å². The molecular weight excluding hydrogens is 182 g/mol. The van der Waals surface area contributed by atoms with Crippen molar-refractivity contribution in [3.8, 4) is 5.75 Å². The van der Waals surface area contributed by atoms with Crippen molar-refractivity contribution in [1.29, 1.82) is 0 Å². The fourth-order valence-electron chi connectivity index (χ4n) is 1.14. The number of amidine groups is 1. The van der Waals surface area contributed by atoms with Gasteiger partial charge in [-0.2, -0.15) is 0 Å². The number of phenols is 1. The van der Waals surface area contributed by atoms with Gasteiger partial charge in [0.15, 0.2) is 0 Å². The SMILES string of the molecule is O=C1CN=C(c2ccc(O)cc2)NN1. The van der Waals surface area contributed by atoms with Crippen LogP contribution in [0, 0.1) is 0 Å². The van der Waals surface area contributed by atoms with Crippen molar-refractivity contribution in [2.24, 2.45) is 4.99 Å². The van der Waals surface area contributed by atoms with Crippen LogP contribution in [0.3, 0.4) is 0 Å². The van der Waals surface area contributed by atoms with E-state index in [0.29, 0.717) is 5.84 Å². The number of benzene rings is 1. The molecule has 1 aromatic rings. The van der Waals surface area contributed by atoms with Crippen LogP contribution in [0.1, 0.15) is 5.56 Å². The van der Waals surface area contributed by atoms with Gasteiger partial charge in [-0.05, 0) is 24.3 Å². The van der Waals surface area contributed by atoms with Gasteiger partial charge in [0.1, 0.15) is 18.1 Å². The number of aromatic hydroxyl groups is 1. The average Bonchev–Trinajstić information content (AvgIpc) is 2.21. The van der Waals surface area contributed by atoms with Crippen molar-refractivity contribution >= 4 is 11.7 Å². The van der Waals surface area contributed by atoms with Crippen LogP contribution in [0.2, 0.25) is 0 Å². The lowest BCUT2D eigenvalue weighted by molar-refractivity contribution is -0.120. The Labute approximate surface area is 80.4 Å². The number of rotatable bonds is 1. The highest BCUT2D eigenvalue weighted by molar-refractivity contribution is 6.02. The zero-order chi connectivity index (χ0) is 9.97. The lowest BCUT2D eigenvalue weighted by Crippen LogP contribution is -2.47. The Morgan fingerprint density at radius 3 is 2.50 bits per heavy atom. The van der Waals surface area contributed by atoms with Gasteiger partial charge in [-0.15, -0.1) is 0 Å². The fourth-order valence-corrected chi connectivity index (χ4v) is 1.14. The van der Waals surface area contributed by atoms with Gasteiger partial charge in [0, 0.05) is 5.56 Å². The first-order chi connectivity index (χ1) is 6.75. The molecule has 0 fully saturated rings. The number of aliphatic imine (C=N–C) groups is 1. The maximum Gasteiger partial charge on any atom is 0.260 e. The second-order valence-electron chi connectivity index (χ2n) is 2.88. The Morgan fingerprint density at radius 2 is 1.93 bits per heavy atom. The Balaban J connectivity index is 2.23. The molecule has 3 N–H and O–H groups in total. The standard InChI is InChI=1S/C9H9N3O2/c13-7-3-1-6(2-4-7)9-10-5-8(14)11-12-9/h1-4,13H,5H2,(H,10,12)(H,11,14). The molecule has 1 amide bonds. The van der Waals surface area contributed by atoms with Crippen LogP contribution in [0.4, 0.5) is 0 Å². The van der Waals surface area contributed by atoms with Crippen molar-refractivity contribution < 1.29 is 9.90 Å². The summed E-state index contributed by atoms with van der Waals surface area (Å²) in [6, 6.07) is 6.57. The normalized spacial score (nSPS) is 15.4. The molecular formula is C9H9N3O2. The molecule has 5 heteroatoms. The molecule has 72 valence electrons. The summed E-state index contributed by atoms with van der Waals surface area (Å²) < 4.78 is 0. The van der Waals surface area contributed by atoms with E-state index in [9.17, 15) is 4.79 Å². The lowest BCUT2D eigenvalue weighted by atomic mass is 10.2. The maximum absolute atomic E-state index is 10.8. The van der Waals surface area contributed by atoms with Gasteiger partial charge in [0.2, 0.25) is 0 Å². The minimum atomic E-state index is -0.160. The van der Waals surface area contributed by atoms with Crippen molar-refractivity contribution in [1.82, 2.24) is 10.9 Å². The highest BCUT2D eigenvalue weighted by atomic mass is 16.3. The second-order valence-corrected chi connectivity index (χ2v) is 2.88.